The van der Waals surface area contributed by atoms with E-state index in [0.717, 1.165) is 59.0 Å². The summed E-state index contributed by atoms with van der Waals surface area (Å²) in [5.74, 6) is 1.50. The van der Waals surface area contributed by atoms with E-state index in [1.807, 2.05) is 43.3 Å². The first kappa shape index (κ1) is 20.5. The van der Waals surface area contributed by atoms with E-state index in [0.29, 0.717) is 5.02 Å². The molecular formula is C24H23ClN6O. The number of halogens is 1. The predicted octanol–water partition coefficient (Wildman–Crippen LogP) is 4.55. The zero-order valence-electron chi connectivity index (χ0n) is 17.7. The molecule has 0 radical (unpaired) electrons. The molecule has 8 heteroatoms. The summed E-state index contributed by atoms with van der Waals surface area (Å²) in [6.07, 6.45) is 2.34. The maximum absolute atomic E-state index is 6.11. The second-order valence-electron chi connectivity index (χ2n) is 7.86. The number of nitrogens with one attached hydrogen (secondary N) is 2. The Morgan fingerprint density at radius 2 is 2.16 bits per heavy atom. The van der Waals surface area contributed by atoms with Crippen molar-refractivity contribution in [3.8, 4) is 0 Å². The molecule has 2 N–H and O–H groups in total. The zero-order chi connectivity index (χ0) is 22.1. The van der Waals surface area contributed by atoms with Crippen molar-refractivity contribution in [2.45, 2.75) is 25.6 Å². The topological polar surface area (TPSA) is 74.7 Å². The van der Waals surface area contributed by atoms with Crippen LogP contribution in [0.15, 0.2) is 66.0 Å². The van der Waals surface area contributed by atoms with E-state index >= 15 is 0 Å². The van der Waals surface area contributed by atoms with Crippen molar-refractivity contribution in [1.82, 2.24) is 20.3 Å². The van der Waals surface area contributed by atoms with Gasteiger partial charge in [0.05, 0.1) is 22.9 Å². The van der Waals surface area contributed by atoms with Crippen LogP contribution >= 0.6 is 11.6 Å². The summed E-state index contributed by atoms with van der Waals surface area (Å²) in [5.41, 5.74) is 10.5. The van der Waals surface area contributed by atoms with Crippen LogP contribution in [0.5, 0.6) is 0 Å². The number of aromatic nitrogens is 2. The van der Waals surface area contributed by atoms with Crippen molar-refractivity contribution in [1.29, 1.82) is 0 Å². The lowest BCUT2D eigenvalue weighted by Gasteiger charge is -2.23. The van der Waals surface area contributed by atoms with E-state index in [1.165, 1.54) is 0 Å². The number of nitrogens with zero attached hydrogens (tertiary/aromatic N) is 4. The minimum Gasteiger partial charge on any atom is -0.364 e. The number of benzene rings is 2. The summed E-state index contributed by atoms with van der Waals surface area (Å²) in [6.45, 7) is 7.52. The third-order valence-electron chi connectivity index (χ3n) is 5.64. The molecule has 2 aliphatic rings. The van der Waals surface area contributed by atoms with Gasteiger partial charge in [-0.3, -0.25) is 10.5 Å². The van der Waals surface area contributed by atoms with E-state index in [-0.39, 0.29) is 12.3 Å². The zero-order valence-corrected chi connectivity index (χ0v) is 18.4. The van der Waals surface area contributed by atoms with Gasteiger partial charge in [0.15, 0.2) is 0 Å². The van der Waals surface area contributed by atoms with Crippen molar-refractivity contribution in [2.75, 3.05) is 18.4 Å². The molecule has 1 aromatic heterocycles. The minimum absolute atomic E-state index is 0.223. The quantitative estimate of drug-likeness (QED) is 0.560. The molecule has 2 aliphatic heterocycles. The van der Waals surface area contributed by atoms with Gasteiger partial charge in [-0.1, -0.05) is 42.4 Å². The molecule has 162 valence electrons. The average molecular weight is 447 g/mol. The number of aliphatic imine (C=N–C) groups is 1. The van der Waals surface area contributed by atoms with Gasteiger partial charge in [-0.05, 0) is 31.5 Å². The van der Waals surface area contributed by atoms with E-state index < -0.39 is 0 Å². The van der Waals surface area contributed by atoms with Crippen LogP contribution in [0.4, 0.5) is 5.82 Å². The fraction of sp³-hybridized carbons (Fsp3) is 0.250. The average Bonchev–Trinajstić information content (AvgIpc) is 3.43. The van der Waals surface area contributed by atoms with Gasteiger partial charge in [0.1, 0.15) is 11.7 Å². The Balaban J connectivity index is 1.34. The second-order valence-corrected chi connectivity index (χ2v) is 8.30. The van der Waals surface area contributed by atoms with Crippen LogP contribution in [0.25, 0.3) is 16.7 Å². The molecular weight excluding hydrogens is 424 g/mol. The molecule has 0 amide bonds. The number of hydrogen-bond acceptors (Lipinski definition) is 7. The first-order valence-electron chi connectivity index (χ1n) is 10.5. The van der Waals surface area contributed by atoms with E-state index in [1.54, 1.807) is 6.20 Å². The molecule has 0 bridgehead atoms. The van der Waals surface area contributed by atoms with Crippen LogP contribution in [0, 0.1) is 0 Å². The first-order chi connectivity index (χ1) is 15.6. The van der Waals surface area contributed by atoms with E-state index in [4.69, 9.17) is 16.4 Å². The number of rotatable bonds is 5. The molecule has 1 fully saturated rings. The fourth-order valence-corrected chi connectivity index (χ4v) is 4.32. The Morgan fingerprint density at radius 3 is 2.97 bits per heavy atom. The molecule has 3 heterocycles. The summed E-state index contributed by atoms with van der Waals surface area (Å²) < 4.78 is 0. The van der Waals surface area contributed by atoms with Crippen LogP contribution in [0.1, 0.15) is 30.7 Å². The summed E-state index contributed by atoms with van der Waals surface area (Å²) in [7, 11) is 0. The smallest absolute Gasteiger partial charge is 0.203 e. The fourth-order valence-electron chi connectivity index (χ4n) is 4.15. The van der Waals surface area contributed by atoms with E-state index in [2.05, 4.69) is 49.0 Å². The van der Waals surface area contributed by atoms with Gasteiger partial charge in [0.2, 0.25) is 6.23 Å². The van der Waals surface area contributed by atoms with Crippen LogP contribution in [-0.2, 0) is 4.84 Å². The highest BCUT2D eigenvalue weighted by Crippen LogP contribution is 2.32. The number of hydroxylamine groups is 1. The summed E-state index contributed by atoms with van der Waals surface area (Å²) in [5, 5.41) is 4.16. The second kappa shape index (κ2) is 8.63. The largest absolute Gasteiger partial charge is 0.364 e. The molecule has 1 saturated heterocycles. The summed E-state index contributed by atoms with van der Waals surface area (Å²) in [4.78, 5) is 21.6. The lowest BCUT2D eigenvalue weighted by atomic mass is 10.0. The number of fused-ring (bicyclic) bond motifs is 1. The van der Waals surface area contributed by atoms with Gasteiger partial charge in [-0.25, -0.2) is 14.8 Å². The van der Waals surface area contributed by atoms with Crippen molar-refractivity contribution >= 4 is 40.0 Å². The summed E-state index contributed by atoms with van der Waals surface area (Å²) in [6, 6.07) is 13.8. The summed E-state index contributed by atoms with van der Waals surface area (Å²) >= 11 is 6.11. The highest BCUT2D eigenvalue weighted by Gasteiger charge is 2.28. The monoisotopic (exact) mass is 446 g/mol. The van der Waals surface area contributed by atoms with Crippen LogP contribution < -0.4 is 10.8 Å². The number of hydrogen-bond donors (Lipinski definition) is 2. The van der Waals surface area contributed by atoms with Gasteiger partial charge < -0.3 is 10.2 Å². The Bertz CT molecular complexity index is 1250. The minimum atomic E-state index is -0.384. The number of likely N-dealkylation sites (tertiary alicyclic amines) is 1. The molecule has 2 aromatic carbocycles. The van der Waals surface area contributed by atoms with E-state index in [9.17, 15) is 0 Å². The standard InChI is InChI=1S/C24H23ClN6O/c1-3-22(18-6-4-5-7-19(18)24-27-15(2)30-32-24)31-11-10-17(14-31)28-23-13-26-20-9-8-16(25)12-21(20)29-23/h4-9,12-13,17,24H,1,10-11,14H2,2H3,(H,27,30)(H,28,29). The lowest BCUT2D eigenvalue weighted by Crippen LogP contribution is -2.26. The molecule has 0 spiro atoms. The lowest BCUT2D eigenvalue weighted by molar-refractivity contribution is 0.0372. The Hall–Kier alpha value is -3.38. The Labute approximate surface area is 191 Å². The maximum Gasteiger partial charge on any atom is 0.203 e. The SMILES string of the molecule is C=C=C(c1ccccc1C1N=C(C)NO1)N1CCC(Nc2cnc3ccc(Cl)cc3n2)C1. The van der Waals surface area contributed by atoms with Gasteiger partial charge in [-0.15, -0.1) is 5.73 Å². The molecule has 32 heavy (non-hydrogen) atoms. The molecule has 0 aliphatic carbocycles. The highest BCUT2D eigenvalue weighted by atomic mass is 35.5. The molecule has 2 unspecified atom stereocenters. The van der Waals surface area contributed by atoms with Gasteiger partial charge in [0.25, 0.3) is 0 Å². The Morgan fingerprint density at radius 1 is 1.28 bits per heavy atom. The normalized spacial score (nSPS) is 20.1. The molecule has 0 saturated carbocycles. The number of anilines is 1. The first-order valence-corrected chi connectivity index (χ1v) is 10.9. The van der Waals surface area contributed by atoms with Crippen molar-refractivity contribution in [2.24, 2.45) is 4.99 Å². The molecule has 7 nitrogen and oxygen atoms in total. The third-order valence-corrected chi connectivity index (χ3v) is 5.87. The van der Waals surface area contributed by atoms with Gasteiger partial charge in [0, 0.05) is 35.3 Å². The molecule has 3 aromatic rings. The van der Waals surface area contributed by atoms with Crippen molar-refractivity contribution in [3.05, 3.63) is 77.1 Å². The predicted molar refractivity (Wildman–Crippen MR) is 127 cm³/mol. The van der Waals surface area contributed by atoms with Crippen LogP contribution in [0.3, 0.4) is 0 Å². The van der Waals surface area contributed by atoms with Crippen LogP contribution in [-0.4, -0.2) is 39.8 Å². The maximum atomic E-state index is 6.11. The number of amidine groups is 1. The third kappa shape index (κ3) is 4.06. The van der Waals surface area contributed by atoms with Crippen molar-refractivity contribution < 1.29 is 4.84 Å². The molecule has 5 rings (SSSR count). The van der Waals surface area contributed by atoms with Crippen molar-refractivity contribution in [3.63, 3.8) is 0 Å². The van der Waals surface area contributed by atoms with Gasteiger partial charge in [-0.2, -0.15) is 0 Å². The molecule has 2 atom stereocenters. The highest BCUT2D eigenvalue weighted by molar-refractivity contribution is 6.31. The van der Waals surface area contributed by atoms with Gasteiger partial charge >= 0.3 is 0 Å². The Kier molecular flexibility index (Phi) is 5.53. The van der Waals surface area contributed by atoms with Crippen LogP contribution in [0.2, 0.25) is 5.02 Å².